The molecule has 94 valence electrons. The second-order valence-electron chi connectivity index (χ2n) is 3.53. The maximum Gasteiger partial charge on any atom is 0.417 e. The van der Waals surface area contributed by atoms with Crippen LogP contribution in [0.2, 0.25) is 0 Å². The lowest BCUT2D eigenvalue weighted by Crippen LogP contribution is -2.06. The molecule has 2 aromatic rings. The Morgan fingerprint density at radius 3 is 2.39 bits per heavy atom. The van der Waals surface area contributed by atoms with Crippen LogP contribution in [-0.4, -0.2) is 9.97 Å². The average molecular weight is 254 g/mol. The van der Waals surface area contributed by atoms with E-state index in [2.05, 4.69) is 15.3 Å². The zero-order chi connectivity index (χ0) is 13.2. The molecule has 18 heavy (non-hydrogen) atoms. The predicted molar refractivity (Wildman–Crippen MR) is 61.2 cm³/mol. The number of alkyl halides is 3. The number of rotatable bonds is 2. The van der Waals surface area contributed by atoms with Gasteiger partial charge in [0.2, 0.25) is 0 Å². The number of nitrogen functional groups attached to an aromatic ring is 1. The van der Waals surface area contributed by atoms with Crippen molar-refractivity contribution < 1.29 is 13.2 Å². The molecule has 0 aromatic carbocycles. The summed E-state index contributed by atoms with van der Waals surface area (Å²) in [7, 11) is 0. The van der Waals surface area contributed by atoms with E-state index in [1.807, 2.05) is 0 Å². The van der Waals surface area contributed by atoms with E-state index in [1.165, 1.54) is 12.3 Å². The third kappa shape index (κ3) is 2.88. The minimum Gasteiger partial charge on any atom is -0.399 e. The number of nitrogens with two attached hydrogens (primary N) is 1. The van der Waals surface area contributed by atoms with Crippen LogP contribution in [0.25, 0.3) is 0 Å². The summed E-state index contributed by atoms with van der Waals surface area (Å²) in [5, 5.41) is 2.75. The molecule has 0 aliphatic rings. The molecule has 0 aliphatic carbocycles. The summed E-state index contributed by atoms with van der Waals surface area (Å²) in [5.41, 5.74) is 5.25. The maximum atomic E-state index is 12.3. The quantitative estimate of drug-likeness (QED) is 0.864. The topological polar surface area (TPSA) is 63.8 Å². The molecule has 2 rings (SSSR count). The first-order valence-corrected chi connectivity index (χ1v) is 4.97. The van der Waals surface area contributed by atoms with Gasteiger partial charge in [-0.3, -0.25) is 0 Å². The molecule has 0 saturated heterocycles. The monoisotopic (exact) mass is 254 g/mol. The Bertz CT molecular complexity index is 537. The van der Waals surface area contributed by atoms with E-state index in [0.717, 1.165) is 12.3 Å². The molecule has 2 heterocycles. The first-order chi connectivity index (χ1) is 8.45. The van der Waals surface area contributed by atoms with Crippen LogP contribution >= 0.6 is 0 Å². The van der Waals surface area contributed by atoms with Crippen molar-refractivity contribution in [3.05, 3.63) is 42.2 Å². The van der Waals surface area contributed by atoms with Gasteiger partial charge in [-0.2, -0.15) is 13.2 Å². The van der Waals surface area contributed by atoms with Crippen LogP contribution in [0.15, 0.2) is 36.7 Å². The van der Waals surface area contributed by atoms with Gasteiger partial charge in [0.15, 0.2) is 0 Å². The Morgan fingerprint density at radius 2 is 1.83 bits per heavy atom. The van der Waals surface area contributed by atoms with E-state index >= 15 is 0 Å². The normalized spacial score (nSPS) is 11.3. The minimum atomic E-state index is -4.39. The van der Waals surface area contributed by atoms with Crippen LogP contribution in [0, 0.1) is 0 Å². The molecule has 0 fully saturated rings. The number of nitrogens with zero attached hydrogens (tertiary/aromatic N) is 2. The highest BCUT2D eigenvalue weighted by molar-refractivity contribution is 5.56. The third-order valence-electron chi connectivity index (χ3n) is 2.13. The largest absolute Gasteiger partial charge is 0.417 e. The van der Waals surface area contributed by atoms with Crippen molar-refractivity contribution >= 4 is 17.3 Å². The van der Waals surface area contributed by atoms with Crippen LogP contribution in [0.4, 0.5) is 30.5 Å². The van der Waals surface area contributed by atoms with Gasteiger partial charge in [-0.1, -0.05) is 0 Å². The van der Waals surface area contributed by atoms with Crippen LogP contribution in [0.5, 0.6) is 0 Å². The fraction of sp³-hybridized carbons (Fsp3) is 0.0909. The van der Waals surface area contributed by atoms with Gasteiger partial charge in [0.1, 0.15) is 11.6 Å². The molecule has 0 atom stereocenters. The molecular formula is C11H9F3N4. The summed E-state index contributed by atoms with van der Waals surface area (Å²) in [4.78, 5) is 7.61. The maximum absolute atomic E-state index is 12.3. The second kappa shape index (κ2) is 4.52. The zero-order valence-corrected chi connectivity index (χ0v) is 9.07. The fourth-order valence-corrected chi connectivity index (χ4v) is 1.28. The van der Waals surface area contributed by atoms with E-state index in [4.69, 9.17) is 5.73 Å². The molecule has 3 N–H and O–H groups in total. The lowest BCUT2D eigenvalue weighted by atomic mass is 10.3. The molecule has 0 radical (unpaired) electrons. The van der Waals surface area contributed by atoms with E-state index in [-0.39, 0.29) is 5.82 Å². The van der Waals surface area contributed by atoms with Crippen LogP contribution in [-0.2, 0) is 6.18 Å². The molecule has 0 aliphatic heterocycles. The van der Waals surface area contributed by atoms with Crippen molar-refractivity contribution in [2.75, 3.05) is 11.1 Å². The number of aromatic nitrogens is 2. The molecule has 0 saturated carbocycles. The number of hydrogen-bond donors (Lipinski definition) is 2. The predicted octanol–water partition coefficient (Wildman–Crippen LogP) is 2.82. The highest BCUT2D eigenvalue weighted by Gasteiger charge is 2.30. The van der Waals surface area contributed by atoms with Gasteiger partial charge in [0, 0.05) is 24.1 Å². The van der Waals surface area contributed by atoms with Crippen molar-refractivity contribution in [1.82, 2.24) is 9.97 Å². The lowest BCUT2D eigenvalue weighted by molar-refractivity contribution is -0.137. The highest BCUT2D eigenvalue weighted by atomic mass is 19.4. The van der Waals surface area contributed by atoms with Crippen LogP contribution < -0.4 is 11.1 Å². The zero-order valence-electron chi connectivity index (χ0n) is 9.07. The van der Waals surface area contributed by atoms with Crippen LogP contribution in [0.3, 0.4) is 0 Å². The van der Waals surface area contributed by atoms with Crippen molar-refractivity contribution in [3.8, 4) is 0 Å². The van der Waals surface area contributed by atoms with Gasteiger partial charge in [0.05, 0.1) is 5.56 Å². The third-order valence-corrected chi connectivity index (χ3v) is 2.13. The first kappa shape index (κ1) is 12.2. The molecule has 4 nitrogen and oxygen atoms in total. The van der Waals surface area contributed by atoms with Crippen molar-refractivity contribution in [1.29, 1.82) is 0 Å². The number of anilines is 3. The standard InChI is InChI=1S/C11H9F3N4/c12-11(13,14)7-1-2-9(17-6-7)18-10-5-8(15)3-4-16-10/h1-6H,(H3,15,16,17,18). The second-order valence-corrected chi connectivity index (χ2v) is 3.53. The highest BCUT2D eigenvalue weighted by Crippen LogP contribution is 2.29. The number of hydrogen-bond acceptors (Lipinski definition) is 4. The van der Waals surface area contributed by atoms with E-state index in [0.29, 0.717) is 11.5 Å². The van der Waals surface area contributed by atoms with Crippen molar-refractivity contribution in [2.45, 2.75) is 6.18 Å². The van der Waals surface area contributed by atoms with Crippen LogP contribution in [0.1, 0.15) is 5.56 Å². The summed E-state index contributed by atoms with van der Waals surface area (Å²) < 4.78 is 36.9. The lowest BCUT2D eigenvalue weighted by Gasteiger charge is -2.08. The van der Waals surface area contributed by atoms with Gasteiger partial charge >= 0.3 is 6.18 Å². The molecule has 0 bridgehead atoms. The Hall–Kier alpha value is -2.31. The number of pyridine rings is 2. The fourth-order valence-electron chi connectivity index (χ4n) is 1.28. The van der Waals surface area contributed by atoms with E-state index in [1.54, 1.807) is 12.1 Å². The Labute approximate surface area is 101 Å². The molecule has 0 spiro atoms. The molecule has 7 heteroatoms. The van der Waals surface area contributed by atoms with E-state index in [9.17, 15) is 13.2 Å². The summed E-state index contributed by atoms with van der Waals surface area (Å²) in [6, 6.07) is 5.33. The smallest absolute Gasteiger partial charge is 0.399 e. The summed E-state index contributed by atoms with van der Waals surface area (Å²) in [6.07, 6.45) is -2.14. The first-order valence-electron chi connectivity index (χ1n) is 4.97. The summed E-state index contributed by atoms with van der Waals surface area (Å²) in [6.45, 7) is 0. The minimum absolute atomic E-state index is 0.265. The Morgan fingerprint density at radius 1 is 1.06 bits per heavy atom. The summed E-state index contributed by atoms with van der Waals surface area (Å²) in [5.74, 6) is 0.684. The SMILES string of the molecule is Nc1ccnc(Nc2ccc(C(F)(F)F)cn2)c1. The molecule has 0 unspecified atom stereocenters. The van der Waals surface area contributed by atoms with E-state index < -0.39 is 11.7 Å². The molecule has 0 amide bonds. The van der Waals surface area contributed by atoms with Crippen molar-refractivity contribution in [3.63, 3.8) is 0 Å². The number of halogens is 3. The van der Waals surface area contributed by atoms with Gasteiger partial charge in [-0.05, 0) is 18.2 Å². The molecule has 2 aromatic heterocycles. The van der Waals surface area contributed by atoms with Crippen molar-refractivity contribution in [2.24, 2.45) is 0 Å². The van der Waals surface area contributed by atoms with Gasteiger partial charge in [-0.15, -0.1) is 0 Å². The average Bonchev–Trinajstić information content (AvgIpc) is 2.28. The van der Waals surface area contributed by atoms with Gasteiger partial charge in [-0.25, -0.2) is 9.97 Å². The van der Waals surface area contributed by atoms with Gasteiger partial charge < -0.3 is 11.1 Å². The Kier molecular flexibility index (Phi) is 3.05. The molecular weight excluding hydrogens is 245 g/mol. The number of nitrogens with one attached hydrogen (secondary N) is 1. The van der Waals surface area contributed by atoms with Gasteiger partial charge in [0.25, 0.3) is 0 Å². The Balaban J connectivity index is 2.16. The summed E-state index contributed by atoms with van der Waals surface area (Å²) >= 11 is 0.